The highest BCUT2D eigenvalue weighted by molar-refractivity contribution is 5.52. The van der Waals surface area contributed by atoms with Crippen LogP contribution in [0.2, 0.25) is 0 Å². The van der Waals surface area contributed by atoms with Crippen LogP contribution in [0.1, 0.15) is 5.69 Å². The first kappa shape index (κ1) is 8.61. The Balaban J connectivity index is 2.63. The molecule has 0 spiro atoms. The fraction of sp³-hybridized carbons (Fsp3) is 0.250. The normalized spacial score (nSPS) is 10.4. The van der Waals surface area contributed by atoms with Crippen molar-refractivity contribution in [2.45, 2.75) is 6.92 Å². The minimum Gasteiger partial charge on any atom is -0.310 e. The summed E-state index contributed by atoms with van der Waals surface area (Å²) in [6, 6.07) is 1.78. The SMILES string of the molecule is Cc1cc(-c2cnnn2C)nc(=O)[nH]1. The van der Waals surface area contributed by atoms with E-state index in [1.807, 2.05) is 0 Å². The van der Waals surface area contributed by atoms with Gasteiger partial charge in [0, 0.05) is 12.7 Å². The van der Waals surface area contributed by atoms with E-state index in [0.29, 0.717) is 5.69 Å². The number of rotatable bonds is 1. The van der Waals surface area contributed by atoms with Gasteiger partial charge in [-0.2, -0.15) is 4.98 Å². The predicted molar refractivity (Wildman–Crippen MR) is 49.6 cm³/mol. The van der Waals surface area contributed by atoms with Crippen molar-refractivity contribution >= 4 is 0 Å². The standard InChI is InChI=1S/C8H9N5O/c1-5-3-6(11-8(14)10-5)7-4-9-12-13(7)2/h3-4H,1-2H3,(H,10,11,14). The van der Waals surface area contributed by atoms with E-state index in [1.165, 1.54) is 0 Å². The number of aromatic amines is 1. The Kier molecular flexibility index (Phi) is 1.88. The minimum absolute atomic E-state index is 0.360. The summed E-state index contributed by atoms with van der Waals surface area (Å²) in [7, 11) is 1.75. The Morgan fingerprint density at radius 1 is 1.50 bits per heavy atom. The van der Waals surface area contributed by atoms with Gasteiger partial charge in [-0.15, -0.1) is 5.10 Å². The van der Waals surface area contributed by atoms with Crippen molar-refractivity contribution in [3.05, 3.63) is 28.4 Å². The largest absolute Gasteiger partial charge is 0.345 e. The van der Waals surface area contributed by atoms with Gasteiger partial charge in [0.15, 0.2) is 0 Å². The summed E-state index contributed by atoms with van der Waals surface area (Å²) in [5, 5.41) is 7.48. The number of nitrogens with one attached hydrogen (secondary N) is 1. The molecule has 72 valence electrons. The highest BCUT2D eigenvalue weighted by Gasteiger charge is 2.06. The first-order chi connectivity index (χ1) is 6.66. The van der Waals surface area contributed by atoms with E-state index in [4.69, 9.17) is 0 Å². The highest BCUT2D eigenvalue weighted by Crippen LogP contribution is 2.12. The van der Waals surface area contributed by atoms with Gasteiger partial charge in [-0.25, -0.2) is 9.48 Å². The molecule has 0 aliphatic carbocycles. The summed E-state index contributed by atoms with van der Waals surface area (Å²) in [6.45, 7) is 1.80. The zero-order valence-electron chi connectivity index (χ0n) is 7.85. The van der Waals surface area contributed by atoms with Crippen LogP contribution in [-0.4, -0.2) is 25.0 Å². The zero-order valence-corrected chi connectivity index (χ0v) is 7.85. The summed E-state index contributed by atoms with van der Waals surface area (Å²) >= 11 is 0. The molecule has 6 nitrogen and oxygen atoms in total. The smallest absolute Gasteiger partial charge is 0.310 e. The van der Waals surface area contributed by atoms with Crippen LogP contribution < -0.4 is 5.69 Å². The average molecular weight is 191 g/mol. The molecule has 0 amide bonds. The average Bonchev–Trinajstić information content (AvgIpc) is 2.49. The Bertz CT molecular complexity index is 512. The van der Waals surface area contributed by atoms with E-state index in [2.05, 4.69) is 20.3 Å². The number of H-pyrrole nitrogens is 1. The third-order valence-electron chi connectivity index (χ3n) is 1.86. The van der Waals surface area contributed by atoms with E-state index >= 15 is 0 Å². The lowest BCUT2D eigenvalue weighted by molar-refractivity contribution is 0.718. The topological polar surface area (TPSA) is 76.5 Å². The summed E-state index contributed by atoms with van der Waals surface area (Å²) in [5.41, 5.74) is 1.71. The fourth-order valence-corrected chi connectivity index (χ4v) is 1.23. The number of hydrogen-bond donors (Lipinski definition) is 1. The molecule has 0 aliphatic heterocycles. The van der Waals surface area contributed by atoms with Gasteiger partial charge in [-0.3, -0.25) is 0 Å². The van der Waals surface area contributed by atoms with E-state index in [0.717, 1.165) is 11.4 Å². The molecule has 0 atom stereocenters. The van der Waals surface area contributed by atoms with Gasteiger partial charge in [-0.1, -0.05) is 5.21 Å². The van der Waals surface area contributed by atoms with Gasteiger partial charge in [0.25, 0.3) is 0 Å². The molecule has 6 heteroatoms. The van der Waals surface area contributed by atoms with Crippen LogP contribution in [0.25, 0.3) is 11.4 Å². The number of aromatic nitrogens is 5. The van der Waals surface area contributed by atoms with Gasteiger partial charge in [0.2, 0.25) is 0 Å². The monoisotopic (exact) mass is 191 g/mol. The molecule has 0 unspecified atom stereocenters. The van der Waals surface area contributed by atoms with E-state index in [-0.39, 0.29) is 5.69 Å². The molecule has 2 aromatic heterocycles. The van der Waals surface area contributed by atoms with Crippen molar-refractivity contribution in [2.75, 3.05) is 0 Å². The lowest BCUT2D eigenvalue weighted by Crippen LogP contribution is -2.12. The molecule has 0 radical (unpaired) electrons. The molecule has 2 rings (SSSR count). The molecular weight excluding hydrogens is 182 g/mol. The molecule has 1 N–H and O–H groups in total. The van der Waals surface area contributed by atoms with Crippen molar-refractivity contribution in [2.24, 2.45) is 7.05 Å². The van der Waals surface area contributed by atoms with Crippen LogP contribution in [0.4, 0.5) is 0 Å². The molecule has 14 heavy (non-hydrogen) atoms. The Morgan fingerprint density at radius 3 is 2.86 bits per heavy atom. The first-order valence-electron chi connectivity index (χ1n) is 4.10. The lowest BCUT2D eigenvalue weighted by atomic mass is 10.3. The van der Waals surface area contributed by atoms with Crippen LogP contribution in [0.15, 0.2) is 17.1 Å². The summed E-state index contributed by atoms with van der Waals surface area (Å²) < 4.78 is 1.57. The second kappa shape index (κ2) is 3.06. The van der Waals surface area contributed by atoms with Crippen LogP contribution in [0.3, 0.4) is 0 Å². The van der Waals surface area contributed by atoms with Gasteiger partial charge in [-0.05, 0) is 13.0 Å². The maximum atomic E-state index is 11.1. The second-order valence-electron chi connectivity index (χ2n) is 3.00. The van der Waals surface area contributed by atoms with Crippen molar-refractivity contribution in [3.63, 3.8) is 0 Å². The quantitative estimate of drug-likeness (QED) is 0.681. The van der Waals surface area contributed by atoms with E-state index in [1.54, 1.807) is 30.9 Å². The Labute approximate surface area is 79.6 Å². The van der Waals surface area contributed by atoms with Gasteiger partial charge in [0.1, 0.15) is 5.69 Å². The first-order valence-corrected chi connectivity index (χ1v) is 4.10. The van der Waals surface area contributed by atoms with E-state index in [9.17, 15) is 4.79 Å². The highest BCUT2D eigenvalue weighted by atomic mass is 16.1. The van der Waals surface area contributed by atoms with Gasteiger partial charge < -0.3 is 4.98 Å². The van der Waals surface area contributed by atoms with Gasteiger partial charge >= 0.3 is 5.69 Å². The summed E-state index contributed by atoms with van der Waals surface area (Å²) in [4.78, 5) is 17.5. The maximum Gasteiger partial charge on any atom is 0.345 e. The third kappa shape index (κ3) is 1.41. The molecule has 0 bridgehead atoms. The second-order valence-corrected chi connectivity index (χ2v) is 3.00. The molecule has 2 heterocycles. The molecule has 0 fully saturated rings. The molecular formula is C8H9N5O. The number of aryl methyl sites for hydroxylation is 2. The fourth-order valence-electron chi connectivity index (χ4n) is 1.23. The van der Waals surface area contributed by atoms with Crippen LogP contribution in [0, 0.1) is 6.92 Å². The Morgan fingerprint density at radius 2 is 2.29 bits per heavy atom. The number of hydrogen-bond acceptors (Lipinski definition) is 4. The van der Waals surface area contributed by atoms with Crippen LogP contribution in [-0.2, 0) is 7.05 Å². The molecule has 0 saturated carbocycles. The number of nitrogens with zero attached hydrogens (tertiary/aromatic N) is 4. The van der Waals surface area contributed by atoms with Crippen LogP contribution >= 0.6 is 0 Å². The Hall–Kier alpha value is -1.98. The molecule has 2 aromatic rings. The third-order valence-corrected chi connectivity index (χ3v) is 1.86. The van der Waals surface area contributed by atoms with Crippen molar-refractivity contribution in [1.29, 1.82) is 0 Å². The summed E-state index contributed by atoms with van der Waals surface area (Å²) in [5.74, 6) is 0. The van der Waals surface area contributed by atoms with Crippen molar-refractivity contribution < 1.29 is 0 Å². The maximum absolute atomic E-state index is 11.1. The molecule has 0 aromatic carbocycles. The molecule has 0 aliphatic rings. The van der Waals surface area contributed by atoms with Crippen molar-refractivity contribution in [3.8, 4) is 11.4 Å². The zero-order chi connectivity index (χ0) is 10.1. The minimum atomic E-state index is -0.360. The predicted octanol–water partition coefficient (Wildman–Crippen LogP) is -0.126. The summed E-state index contributed by atoms with van der Waals surface area (Å²) in [6.07, 6.45) is 1.57. The van der Waals surface area contributed by atoms with E-state index < -0.39 is 0 Å². The van der Waals surface area contributed by atoms with Crippen LogP contribution in [0.5, 0.6) is 0 Å². The molecule has 0 saturated heterocycles. The van der Waals surface area contributed by atoms with Crippen molar-refractivity contribution in [1.82, 2.24) is 25.0 Å². The lowest BCUT2D eigenvalue weighted by Gasteiger charge is -1.99. The van der Waals surface area contributed by atoms with Gasteiger partial charge in [0.05, 0.1) is 11.9 Å².